The molecule has 1 aromatic carbocycles. The number of hydrogen-bond donors (Lipinski definition) is 2. The number of carbonyl (C=O) groups excluding carboxylic acids is 1. The number of nitrogens with two attached hydrogens (primary N) is 1. The number of hydrazone groups is 1. The van der Waals surface area contributed by atoms with Crippen molar-refractivity contribution in [1.29, 1.82) is 0 Å². The molecule has 28 heavy (non-hydrogen) atoms. The maximum atomic E-state index is 11.0. The van der Waals surface area contributed by atoms with E-state index in [0.29, 0.717) is 19.4 Å². The van der Waals surface area contributed by atoms with Crippen molar-refractivity contribution < 1.29 is 14.3 Å². The van der Waals surface area contributed by atoms with E-state index in [0.717, 1.165) is 16.8 Å². The van der Waals surface area contributed by atoms with E-state index in [4.69, 9.17) is 15.3 Å². The number of halogens is 1. The molecule has 2 rings (SSSR count). The number of allylic oxidation sites excluding steroid dienone is 2. The van der Waals surface area contributed by atoms with Crippen molar-refractivity contribution in [3.8, 4) is 0 Å². The van der Waals surface area contributed by atoms with Crippen molar-refractivity contribution in [2.75, 3.05) is 11.9 Å². The van der Waals surface area contributed by atoms with Gasteiger partial charge in [-0.15, -0.1) is 12.4 Å². The number of nitrogens with zero attached hydrogens (tertiary/aromatic N) is 1. The highest BCUT2D eigenvalue weighted by Gasteiger charge is 2.33. The smallest absolute Gasteiger partial charge is 0.302 e. The molecular formula is C21H30ClN3O3. The first-order valence-corrected chi connectivity index (χ1v) is 9.13. The molecule has 1 atom stereocenters. The van der Waals surface area contributed by atoms with E-state index in [-0.39, 0.29) is 24.5 Å². The Kier molecular flexibility index (Phi) is 9.22. The van der Waals surface area contributed by atoms with Crippen LogP contribution in [0.5, 0.6) is 0 Å². The van der Waals surface area contributed by atoms with Crippen LogP contribution in [-0.2, 0) is 14.3 Å². The molecule has 0 radical (unpaired) electrons. The van der Waals surface area contributed by atoms with Gasteiger partial charge < -0.3 is 20.6 Å². The standard InChI is InChI=1S/C21H29N3O3.ClH/c1-15(2)27-21(24-20-7-5-18(6-8-20)14-23-22)12-16(3)11-19(13-21)9-10-26-17(4)25;/h5-8,11-12,14-15,24H,9-10,13,22H2,1-4H3;1H. The van der Waals surface area contributed by atoms with E-state index in [1.165, 1.54) is 12.5 Å². The van der Waals surface area contributed by atoms with E-state index in [9.17, 15) is 4.79 Å². The Balaban J connectivity index is 0.00000392. The molecule has 0 bridgehead atoms. The second kappa shape index (κ2) is 10.9. The number of rotatable bonds is 8. The average molecular weight is 408 g/mol. The molecule has 0 heterocycles. The highest BCUT2D eigenvalue weighted by Crippen LogP contribution is 2.33. The Morgan fingerprint density at radius 3 is 2.61 bits per heavy atom. The second-order valence-electron chi connectivity index (χ2n) is 7.04. The Bertz CT molecular complexity index is 742. The van der Waals surface area contributed by atoms with Crippen molar-refractivity contribution in [3.05, 3.63) is 53.1 Å². The van der Waals surface area contributed by atoms with Gasteiger partial charge in [-0.2, -0.15) is 5.10 Å². The van der Waals surface area contributed by atoms with Gasteiger partial charge in [0.15, 0.2) is 5.72 Å². The number of esters is 1. The number of ether oxygens (including phenoxy) is 2. The normalized spacial score (nSPS) is 19.0. The summed E-state index contributed by atoms with van der Waals surface area (Å²) >= 11 is 0. The molecule has 1 unspecified atom stereocenters. The van der Waals surface area contributed by atoms with Gasteiger partial charge in [-0.25, -0.2) is 0 Å². The van der Waals surface area contributed by atoms with Crippen LogP contribution < -0.4 is 11.2 Å². The molecule has 0 spiro atoms. The summed E-state index contributed by atoms with van der Waals surface area (Å²) in [6.45, 7) is 7.88. The molecule has 0 aromatic heterocycles. The van der Waals surface area contributed by atoms with E-state index >= 15 is 0 Å². The van der Waals surface area contributed by atoms with Crippen LogP contribution in [0.1, 0.15) is 46.1 Å². The fourth-order valence-electron chi connectivity index (χ4n) is 3.25. The van der Waals surface area contributed by atoms with E-state index in [1.54, 1.807) is 6.21 Å². The molecule has 6 nitrogen and oxygen atoms in total. The minimum atomic E-state index is -0.651. The number of hydrogen-bond acceptors (Lipinski definition) is 6. The summed E-state index contributed by atoms with van der Waals surface area (Å²) in [4.78, 5) is 11.0. The molecular weight excluding hydrogens is 378 g/mol. The molecule has 7 heteroatoms. The molecule has 3 N–H and O–H groups in total. The summed E-state index contributed by atoms with van der Waals surface area (Å²) in [6.07, 6.45) is 7.24. The predicted octanol–water partition coefficient (Wildman–Crippen LogP) is 4.16. The van der Waals surface area contributed by atoms with Crippen LogP contribution >= 0.6 is 12.4 Å². The molecule has 0 aliphatic heterocycles. The minimum absolute atomic E-state index is 0. The summed E-state index contributed by atoms with van der Waals surface area (Å²) in [5, 5.41) is 7.07. The maximum absolute atomic E-state index is 11.0. The van der Waals surface area contributed by atoms with Crippen molar-refractivity contribution in [1.82, 2.24) is 0 Å². The van der Waals surface area contributed by atoms with Gasteiger partial charge in [0.25, 0.3) is 0 Å². The first-order valence-electron chi connectivity index (χ1n) is 9.13. The zero-order chi connectivity index (χ0) is 19.9. The average Bonchev–Trinajstić information content (AvgIpc) is 2.55. The highest BCUT2D eigenvalue weighted by molar-refractivity contribution is 5.85. The minimum Gasteiger partial charge on any atom is -0.466 e. The summed E-state index contributed by atoms with van der Waals surface area (Å²) in [5.74, 6) is 4.94. The van der Waals surface area contributed by atoms with Gasteiger partial charge in [-0.1, -0.05) is 29.4 Å². The van der Waals surface area contributed by atoms with Gasteiger partial charge in [-0.3, -0.25) is 4.79 Å². The molecule has 154 valence electrons. The van der Waals surface area contributed by atoms with Crippen LogP contribution in [0.2, 0.25) is 0 Å². The number of anilines is 1. The topological polar surface area (TPSA) is 85.9 Å². The van der Waals surface area contributed by atoms with Crippen LogP contribution in [0.4, 0.5) is 5.69 Å². The Hall–Kier alpha value is -2.31. The Morgan fingerprint density at radius 2 is 2.04 bits per heavy atom. The fraction of sp³-hybridized carbons (Fsp3) is 0.429. The van der Waals surface area contributed by atoms with E-state index < -0.39 is 5.72 Å². The van der Waals surface area contributed by atoms with Crippen molar-refractivity contribution in [3.63, 3.8) is 0 Å². The Morgan fingerprint density at radius 1 is 1.36 bits per heavy atom. The van der Waals surface area contributed by atoms with E-state index in [1.807, 2.05) is 45.0 Å². The summed E-state index contributed by atoms with van der Waals surface area (Å²) < 4.78 is 11.4. The zero-order valence-electron chi connectivity index (χ0n) is 16.9. The predicted molar refractivity (Wildman–Crippen MR) is 116 cm³/mol. The third-order valence-corrected chi connectivity index (χ3v) is 4.05. The monoisotopic (exact) mass is 407 g/mol. The van der Waals surface area contributed by atoms with Crippen LogP contribution in [0.25, 0.3) is 0 Å². The number of benzene rings is 1. The second-order valence-corrected chi connectivity index (χ2v) is 7.04. The molecule has 0 saturated carbocycles. The van der Waals surface area contributed by atoms with Gasteiger partial charge in [0.05, 0.1) is 18.9 Å². The van der Waals surface area contributed by atoms with Crippen LogP contribution in [0, 0.1) is 0 Å². The SMILES string of the molecule is CC(=O)OCCC1=CC(C)=CC(Nc2ccc(C=NN)cc2)(OC(C)C)C1.Cl. The van der Waals surface area contributed by atoms with Gasteiger partial charge in [0.1, 0.15) is 0 Å². The Labute approximate surface area is 173 Å². The molecule has 1 aliphatic rings. The van der Waals surface area contributed by atoms with Crippen LogP contribution in [0.15, 0.2) is 52.7 Å². The molecule has 0 amide bonds. The third kappa shape index (κ3) is 7.37. The van der Waals surface area contributed by atoms with Gasteiger partial charge >= 0.3 is 5.97 Å². The van der Waals surface area contributed by atoms with Gasteiger partial charge in [0.2, 0.25) is 0 Å². The number of carbonyl (C=O) groups is 1. The lowest BCUT2D eigenvalue weighted by atomic mass is 9.90. The molecule has 0 fully saturated rings. The summed E-state index contributed by atoms with van der Waals surface area (Å²) in [7, 11) is 0. The third-order valence-electron chi connectivity index (χ3n) is 4.05. The molecule has 0 saturated heterocycles. The highest BCUT2D eigenvalue weighted by atomic mass is 35.5. The maximum Gasteiger partial charge on any atom is 0.302 e. The van der Waals surface area contributed by atoms with Gasteiger partial charge in [-0.05, 0) is 44.5 Å². The van der Waals surface area contributed by atoms with Crippen LogP contribution in [-0.4, -0.2) is 30.6 Å². The first-order chi connectivity index (χ1) is 12.8. The number of nitrogens with one attached hydrogen (secondary N) is 1. The molecule has 1 aliphatic carbocycles. The van der Waals surface area contributed by atoms with Crippen molar-refractivity contribution >= 4 is 30.3 Å². The lowest BCUT2D eigenvalue weighted by Gasteiger charge is -2.38. The van der Waals surface area contributed by atoms with Gasteiger partial charge in [0, 0.05) is 25.5 Å². The van der Waals surface area contributed by atoms with E-state index in [2.05, 4.69) is 22.6 Å². The summed E-state index contributed by atoms with van der Waals surface area (Å²) in [5.41, 5.74) is 3.51. The van der Waals surface area contributed by atoms with Crippen molar-refractivity contribution in [2.24, 2.45) is 10.9 Å². The summed E-state index contributed by atoms with van der Waals surface area (Å²) in [6, 6.07) is 7.84. The first kappa shape index (κ1) is 23.7. The largest absolute Gasteiger partial charge is 0.466 e. The van der Waals surface area contributed by atoms with Crippen molar-refractivity contribution in [2.45, 2.75) is 52.4 Å². The lowest BCUT2D eigenvalue weighted by molar-refractivity contribution is -0.140. The van der Waals surface area contributed by atoms with Crippen LogP contribution in [0.3, 0.4) is 0 Å². The fourth-order valence-corrected chi connectivity index (χ4v) is 3.25. The molecule has 1 aromatic rings. The zero-order valence-corrected chi connectivity index (χ0v) is 17.7. The lowest BCUT2D eigenvalue weighted by Crippen LogP contribution is -2.43. The quantitative estimate of drug-likeness (QED) is 0.222.